The van der Waals surface area contributed by atoms with Gasteiger partial charge in [-0.25, -0.2) is 4.98 Å². The van der Waals surface area contributed by atoms with Gasteiger partial charge >= 0.3 is 0 Å². The van der Waals surface area contributed by atoms with Crippen molar-refractivity contribution in [1.82, 2.24) is 15.2 Å². The molecular weight excluding hydrogens is 424 g/mol. The molecule has 1 aliphatic heterocycles. The topological polar surface area (TPSA) is 66.9 Å². The van der Waals surface area contributed by atoms with E-state index in [1.165, 1.54) is 5.56 Å². The number of nitrogens with zero attached hydrogens (tertiary/aromatic N) is 3. The van der Waals surface area contributed by atoms with Crippen LogP contribution < -0.4 is 19.7 Å². The highest BCUT2D eigenvalue weighted by Crippen LogP contribution is 2.40. The molecule has 0 unspecified atom stereocenters. The molecule has 32 heavy (non-hydrogen) atoms. The average molecular weight is 455 g/mol. The Hall–Kier alpha value is -2.84. The second kappa shape index (κ2) is 10.7. The summed E-state index contributed by atoms with van der Waals surface area (Å²) in [5.74, 6) is 1.71. The molecule has 0 bridgehead atoms. The predicted molar refractivity (Wildman–Crippen MR) is 129 cm³/mol. The standard InChI is InChI=1S/C24H30N4O3S/c1-30-19-9-10-20(31-2)23-22(19)26-24(32-23)28-16-14-27(15-17-28)13-12-25-21(29)11-8-18-6-4-3-5-7-18/h3-7,9-10H,8,11-17H2,1-2H3,(H,25,29). The van der Waals surface area contributed by atoms with E-state index in [0.29, 0.717) is 13.0 Å². The Morgan fingerprint density at radius 3 is 2.47 bits per heavy atom. The van der Waals surface area contributed by atoms with Gasteiger partial charge < -0.3 is 19.7 Å². The molecule has 1 saturated heterocycles. The lowest BCUT2D eigenvalue weighted by Gasteiger charge is -2.34. The molecule has 3 aromatic rings. The van der Waals surface area contributed by atoms with E-state index >= 15 is 0 Å². The molecule has 2 heterocycles. The maximum absolute atomic E-state index is 12.1. The SMILES string of the molecule is COc1ccc(OC)c2sc(N3CCN(CCNC(=O)CCc4ccccc4)CC3)nc12. The number of carbonyl (C=O) groups excluding carboxylic acids is 1. The summed E-state index contributed by atoms with van der Waals surface area (Å²) in [6, 6.07) is 14.0. The fourth-order valence-electron chi connectivity index (χ4n) is 3.92. The molecule has 170 valence electrons. The Bertz CT molecular complexity index is 991. The minimum Gasteiger partial charge on any atom is -0.495 e. The summed E-state index contributed by atoms with van der Waals surface area (Å²) >= 11 is 1.65. The average Bonchev–Trinajstić information content (AvgIpc) is 3.29. The lowest BCUT2D eigenvalue weighted by Crippen LogP contribution is -2.48. The van der Waals surface area contributed by atoms with Gasteiger partial charge in [-0.05, 0) is 24.1 Å². The van der Waals surface area contributed by atoms with Crippen LogP contribution >= 0.6 is 11.3 Å². The van der Waals surface area contributed by atoms with Crippen molar-refractivity contribution in [1.29, 1.82) is 0 Å². The van der Waals surface area contributed by atoms with Crippen molar-refractivity contribution in [3.8, 4) is 11.5 Å². The third-order valence-electron chi connectivity index (χ3n) is 5.78. The molecule has 1 amide bonds. The van der Waals surface area contributed by atoms with Crippen LogP contribution in [0.5, 0.6) is 11.5 Å². The zero-order valence-electron chi connectivity index (χ0n) is 18.7. The Kier molecular flexibility index (Phi) is 7.44. The highest BCUT2D eigenvalue weighted by Gasteiger charge is 2.22. The molecule has 0 spiro atoms. The van der Waals surface area contributed by atoms with E-state index in [1.807, 2.05) is 30.3 Å². The molecule has 7 nitrogen and oxygen atoms in total. The Labute approximate surface area is 192 Å². The zero-order chi connectivity index (χ0) is 22.3. The molecule has 0 atom stereocenters. The largest absolute Gasteiger partial charge is 0.495 e. The van der Waals surface area contributed by atoms with Crippen molar-refractivity contribution in [2.75, 3.05) is 58.4 Å². The number of hydrogen-bond acceptors (Lipinski definition) is 7. The molecule has 0 saturated carbocycles. The number of carbonyl (C=O) groups is 1. The monoisotopic (exact) mass is 454 g/mol. The van der Waals surface area contributed by atoms with Gasteiger partial charge in [0.25, 0.3) is 0 Å². The Morgan fingerprint density at radius 2 is 1.75 bits per heavy atom. The number of aromatic nitrogens is 1. The second-order valence-corrected chi connectivity index (χ2v) is 8.79. The zero-order valence-corrected chi connectivity index (χ0v) is 19.5. The summed E-state index contributed by atoms with van der Waals surface area (Å²) in [7, 11) is 3.35. The predicted octanol–water partition coefficient (Wildman–Crippen LogP) is 3.18. The van der Waals surface area contributed by atoms with Gasteiger partial charge in [-0.15, -0.1) is 0 Å². The highest BCUT2D eigenvalue weighted by molar-refractivity contribution is 7.22. The first-order valence-electron chi connectivity index (χ1n) is 11.0. The van der Waals surface area contributed by atoms with Crippen molar-refractivity contribution < 1.29 is 14.3 Å². The molecule has 1 N–H and O–H groups in total. The van der Waals surface area contributed by atoms with Gasteiger partial charge in [0.1, 0.15) is 21.7 Å². The number of anilines is 1. The number of methoxy groups -OCH3 is 2. The van der Waals surface area contributed by atoms with Crippen LogP contribution in [0, 0.1) is 0 Å². The fourth-order valence-corrected chi connectivity index (χ4v) is 5.04. The first-order valence-corrected chi connectivity index (χ1v) is 11.8. The van der Waals surface area contributed by atoms with Crippen LogP contribution in [0.25, 0.3) is 10.2 Å². The van der Waals surface area contributed by atoms with Crippen LogP contribution in [0.2, 0.25) is 0 Å². The van der Waals surface area contributed by atoms with Crippen LogP contribution in [-0.2, 0) is 11.2 Å². The first kappa shape index (κ1) is 22.4. The number of rotatable bonds is 9. The maximum Gasteiger partial charge on any atom is 0.220 e. The lowest BCUT2D eigenvalue weighted by molar-refractivity contribution is -0.121. The molecule has 4 rings (SSSR count). The van der Waals surface area contributed by atoms with Crippen molar-refractivity contribution in [2.45, 2.75) is 12.8 Å². The summed E-state index contributed by atoms with van der Waals surface area (Å²) in [4.78, 5) is 21.7. The van der Waals surface area contributed by atoms with Gasteiger partial charge in [0.05, 0.1) is 14.2 Å². The fraction of sp³-hybridized carbons (Fsp3) is 0.417. The van der Waals surface area contributed by atoms with Gasteiger partial charge in [-0.3, -0.25) is 9.69 Å². The first-order chi connectivity index (χ1) is 15.7. The Balaban J connectivity index is 1.23. The van der Waals surface area contributed by atoms with Crippen molar-refractivity contribution in [2.24, 2.45) is 0 Å². The number of aryl methyl sites for hydroxylation is 1. The quantitative estimate of drug-likeness (QED) is 0.536. The minimum atomic E-state index is 0.116. The summed E-state index contributed by atoms with van der Waals surface area (Å²) in [5, 5.41) is 4.05. The number of fused-ring (bicyclic) bond motifs is 1. The van der Waals surface area contributed by atoms with Gasteiger partial charge in [-0.1, -0.05) is 41.7 Å². The van der Waals surface area contributed by atoms with Crippen molar-refractivity contribution >= 4 is 32.6 Å². The van der Waals surface area contributed by atoms with E-state index in [9.17, 15) is 4.79 Å². The van der Waals surface area contributed by atoms with Crippen LogP contribution in [0.15, 0.2) is 42.5 Å². The van der Waals surface area contributed by atoms with Crippen molar-refractivity contribution in [3.05, 3.63) is 48.0 Å². The third-order valence-corrected chi connectivity index (χ3v) is 6.91. The summed E-state index contributed by atoms with van der Waals surface area (Å²) in [5.41, 5.74) is 2.05. The molecule has 8 heteroatoms. The van der Waals surface area contributed by atoms with Gasteiger partial charge in [0, 0.05) is 45.7 Å². The van der Waals surface area contributed by atoms with Crippen molar-refractivity contribution in [3.63, 3.8) is 0 Å². The third kappa shape index (κ3) is 5.31. The van der Waals surface area contributed by atoms with Crippen LogP contribution in [-0.4, -0.2) is 69.3 Å². The van der Waals surface area contributed by atoms with E-state index < -0.39 is 0 Å². The molecular formula is C24H30N4O3S. The molecule has 0 radical (unpaired) electrons. The van der Waals surface area contributed by atoms with E-state index in [2.05, 4.69) is 27.2 Å². The maximum atomic E-state index is 12.1. The smallest absolute Gasteiger partial charge is 0.220 e. The molecule has 2 aromatic carbocycles. The van der Waals surface area contributed by atoms with Gasteiger partial charge in [0.15, 0.2) is 5.13 Å². The molecule has 1 aliphatic rings. The molecule has 1 fully saturated rings. The van der Waals surface area contributed by atoms with Gasteiger partial charge in [0.2, 0.25) is 5.91 Å². The summed E-state index contributed by atoms with van der Waals surface area (Å²) < 4.78 is 12.0. The molecule has 0 aliphatic carbocycles. The number of thiazole rings is 1. The number of benzene rings is 2. The number of ether oxygens (including phenoxy) is 2. The summed E-state index contributed by atoms with van der Waals surface area (Å²) in [6.45, 7) is 5.27. The minimum absolute atomic E-state index is 0.116. The summed E-state index contributed by atoms with van der Waals surface area (Å²) in [6.07, 6.45) is 1.31. The van der Waals surface area contributed by atoms with Gasteiger partial charge in [-0.2, -0.15) is 0 Å². The Morgan fingerprint density at radius 1 is 1.03 bits per heavy atom. The van der Waals surface area contributed by atoms with E-state index in [-0.39, 0.29) is 5.91 Å². The van der Waals surface area contributed by atoms with Crippen LogP contribution in [0.3, 0.4) is 0 Å². The lowest BCUT2D eigenvalue weighted by atomic mass is 10.1. The van der Waals surface area contributed by atoms with E-state index in [0.717, 1.165) is 66.0 Å². The van der Waals surface area contributed by atoms with Crippen LogP contribution in [0.4, 0.5) is 5.13 Å². The van der Waals surface area contributed by atoms with E-state index in [1.54, 1.807) is 25.6 Å². The number of piperazine rings is 1. The number of amides is 1. The normalized spacial score (nSPS) is 14.5. The van der Waals surface area contributed by atoms with E-state index in [4.69, 9.17) is 14.5 Å². The molecule has 1 aromatic heterocycles. The number of nitrogens with one attached hydrogen (secondary N) is 1. The second-order valence-electron chi connectivity index (χ2n) is 7.81. The van der Waals surface area contributed by atoms with Crippen LogP contribution in [0.1, 0.15) is 12.0 Å². The highest BCUT2D eigenvalue weighted by atomic mass is 32.1. The number of hydrogen-bond donors (Lipinski definition) is 1.